The molecule has 0 unspecified atom stereocenters. The van der Waals surface area contributed by atoms with Crippen molar-refractivity contribution in [3.63, 3.8) is 0 Å². The normalized spacial score (nSPS) is 10.0. The van der Waals surface area contributed by atoms with Gasteiger partial charge in [0, 0.05) is 6.07 Å². The largest absolute Gasteiger partial charge is 0.493 e. The molecule has 0 saturated carbocycles. The average Bonchev–Trinajstić information content (AvgIpc) is 2.36. The summed E-state index contributed by atoms with van der Waals surface area (Å²) in [6.45, 7) is 6.94. The molecule has 0 aliphatic rings. The summed E-state index contributed by atoms with van der Waals surface area (Å²) in [4.78, 5) is 0. The van der Waals surface area contributed by atoms with Gasteiger partial charge < -0.3 is 14.6 Å². The lowest BCUT2D eigenvalue weighted by Crippen LogP contribution is -2.00. The van der Waals surface area contributed by atoms with Gasteiger partial charge in [0.1, 0.15) is 11.5 Å². The van der Waals surface area contributed by atoms with Gasteiger partial charge in [0.05, 0.1) is 19.8 Å². The van der Waals surface area contributed by atoms with Crippen LogP contribution in [0.4, 0.5) is 0 Å². The SMILES string of the molecule is C=CCCOc1cc(CO)cc(OCCC)c1. The van der Waals surface area contributed by atoms with Gasteiger partial charge in [0.25, 0.3) is 0 Å². The van der Waals surface area contributed by atoms with Crippen LogP contribution in [0.1, 0.15) is 25.3 Å². The first-order chi connectivity index (χ1) is 8.30. The number of hydrogen-bond donors (Lipinski definition) is 1. The minimum atomic E-state index is -0.0128. The summed E-state index contributed by atoms with van der Waals surface area (Å²) in [6, 6.07) is 5.50. The van der Waals surface area contributed by atoms with Crippen molar-refractivity contribution in [3.05, 3.63) is 36.4 Å². The molecule has 0 aromatic heterocycles. The Balaban J connectivity index is 2.70. The number of rotatable bonds is 8. The van der Waals surface area contributed by atoms with Crippen LogP contribution in [0.25, 0.3) is 0 Å². The maximum absolute atomic E-state index is 9.16. The molecule has 3 heteroatoms. The monoisotopic (exact) mass is 236 g/mol. The fraction of sp³-hybridized carbons (Fsp3) is 0.429. The Morgan fingerprint density at radius 3 is 2.35 bits per heavy atom. The predicted molar refractivity (Wildman–Crippen MR) is 68.5 cm³/mol. The zero-order chi connectivity index (χ0) is 12.5. The first-order valence-corrected chi connectivity index (χ1v) is 5.91. The van der Waals surface area contributed by atoms with E-state index < -0.39 is 0 Å². The van der Waals surface area contributed by atoms with E-state index in [2.05, 4.69) is 13.5 Å². The molecule has 1 aromatic carbocycles. The molecule has 0 bridgehead atoms. The maximum atomic E-state index is 9.16. The highest BCUT2D eigenvalue weighted by molar-refractivity contribution is 5.38. The van der Waals surface area contributed by atoms with Crippen LogP contribution in [0, 0.1) is 0 Å². The molecular weight excluding hydrogens is 216 g/mol. The molecular formula is C14H20O3. The molecule has 0 radical (unpaired) electrons. The lowest BCUT2D eigenvalue weighted by Gasteiger charge is -2.10. The third kappa shape index (κ3) is 4.91. The third-order valence-electron chi connectivity index (χ3n) is 2.19. The van der Waals surface area contributed by atoms with Crippen LogP contribution in [0.2, 0.25) is 0 Å². The molecule has 0 fully saturated rings. The standard InChI is InChI=1S/C14H20O3/c1-3-5-7-17-14-9-12(11-15)8-13(10-14)16-6-4-2/h3,8-10,15H,1,4-7,11H2,2H3. The van der Waals surface area contributed by atoms with Crippen molar-refractivity contribution in [3.8, 4) is 11.5 Å². The summed E-state index contributed by atoms with van der Waals surface area (Å²) in [5.41, 5.74) is 0.798. The number of benzene rings is 1. The Bertz CT molecular complexity index is 347. The van der Waals surface area contributed by atoms with Crippen LogP contribution in [-0.4, -0.2) is 18.3 Å². The summed E-state index contributed by atoms with van der Waals surface area (Å²) in [7, 11) is 0. The Kier molecular flexibility index (Phi) is 6.18. The van der Waals surface area contributed by atoms with Crippen LogP contribution in [0.5, 0.6) is 11.5 Å². The summed E-state index contributed by atoms with van der Waals surface area (Å²) in [6.07, 6.45) is 3.56. The second-order valence-corrected chi connectivity index (χ2v) is 3.75. The molecule has 0 aliphatic carbocycles. The highest BCUT2D eigenvalue weighted by Gasteiger charge is 2.02. The summed E-state index contributed by atoms with van der Waals surface area (Å²) in [5, 5.41) is 9.16. The van der Waals surface area contributed by atoms with E-state index in [1.54, 1.807) is 0 Å². The molecule has 0 heterocycles. The van der Waals surface area contributed by atoms with Gasteiger partial charge in [-0.25, -0.2) is 0 Å². The Morgan fingerprint density at radius 2 is 1.82 bits per heavy atom. The van der Waals surface area contributed by atoms with Crippen molar-refractivity contribution >= 4 is 0 Å². The van der Waals surface area contributed by atoms with E-state index >= 15 is 0 Å². The number of ether oxygens (including phenoxy) is 2. The minimum absolute atomic E-state index is 0.0128. The van der Waals surface area contributed by atoms with Gasteiger partial charge in [-0.15, -0.1) is 6.58 Å². The summed E-state index contributed by atoms with van der Waals surface area (Å²) < 4.78 is 11.1. The first kappa shape index (κ1) is 13.6. The van der Waals surface area contributed by atoms with Crippen LogP contribution in [0.15, 0.2) is 30.9 Å². The first-order valence-electron chi connectivity index (χ1n) is 5.91. The van der Waals surface area contributed by atoms with Crippen molar-refractivity contribution in [1.29, 1.82) is 0 Å². The van der Waals surface area contributed by atoms with Gasteiger partial charge in [-0.2, -0.15) is 0 Å². The molecule has 0 amide bonds. The summed E-state index contributed by atoms with van der Waals surface area (Å²) in [5.74, 6) is 1.47. The minimum Gasteiger partial charge on any atom is -0.493 e. The second-order valence-electron chi connectivity index (χ2n) is 3.75. The predicted octanol–water partition coefficient (Wildman–Crippen LogP) is 2.92. The fourth-order valence-electron chi connectivity index (χ4n) is 1.37. The number of hydrogen-bond acceptors (Lipinski definition) is 3. The average molecular weight is 236 g/mol. The molecule has 0 aliphatic heterocycles. The lowest BCUT2D eigenvalue weighted by atomic mass is 10.2. The highest BCUT2D eigenvalue weighted by Crippen LogP contribution is 2.23. The van der Waals surface area contributed by atoms with Gasteiger partial charge in [-0.3, -0.25) is 0 Å². The van der Waals surface area contributed by atoms with E-state index in [0.717, 1.165) is 29.9 Å². The van der Waals surface area contributed by atoms with Crippen molar-refractivity contribution in [2.75, 3.05) is 13.2 Å². The topological polar surface area (TPSA) is 38.7 Å². The van der Waals surface area contributed by atoms with Gasteiger partial charge >= 0.3 is 0 Å². The van der Waals surface area contributed by atoms with E-state index in [1.165, 1.54) is 0 Å². The van der Waals surface area contributed by atoms with Gasteiger partial charge in [-0.05, 0) is 30.5 Å². The Hall–Kier alpha value is -1.48. The van der Waals surface area contributed by atoms with Crippen LogP contribution in [0.3, 0.4) is 0 Å². The van der Waals surface area contributed by atoms with E-state index in [9.17, 15) is 0 Å². The Labute approximate surface area is 103 Å². The smallest absolute Gasteiger partial charge is 0.123 e. The zero-order valence-corrected chi connectivity index (χ0v) is 10.3. The molecule has 1 rings (SSSR count). The Morgan fingerprint density at radius 1 is 1.18 bits per heavy atom. The van der Waals surface area contributed by atoms with E-state index in [1.807, 2.05) is 24.3 Å². The quantitative estimate of drug-likeness (QED) is 0.557. The van der Waals surface area contributed by atoms with E-state index in [0.29, 0.717) is 13.2 Å². The number of aliphatic hydroxyl groups is 1. The van der Waals surface area contributed by atoms with Gasteiger partial charge in [0.15, 0.2) is 0 Å². The zero-order valence-electron chi connectivity index (χ0n) is 10.3. The molecule has 0 atom stereocenters. The van der Waals surface area contributed by atoms with Crippen molar-refractivity contribution in [1.82, 2.24) is 0 Å². The van der Waals surface area contributed by atoms with Crippen LogP contribution < -0.4 is 9.47 Å². The van der Waals surface area contributed by atoms with Gasteiger partial charge in [-0.1, -0.05) is 13.0 Å². The molecule has 0 saturated heterocycles. The van der Waals surface area contributed by atoms with Crippen LogP contribution >= 0.6 is 0 Å². The van der Waals surface area contributed by atoms with Crippen molar-refractivity contribution in [2.45, 2.75) is 26.4 Å². The second kappa shape index (κ2) is 7.74. The third-order valence-corrected chi connectivity index (χ3v) is 2.19. The van der Waals surface area contributed by atoms with Crippen LogP contribution in [-0.2, 0) is 6.61 Å². The van der Waals surface area contributed by atoms with E-state index in [-0.39, 0.29) is 6.61 Å². The highest BCUT2D eigenvalue weighted by atomic mass is 16.5. The molecule has 3 nitrogen and oxygen atoms in total. The molecule has 94 valence electrons. The fourth-order valence-corrected chi connectivity index (χ4v) is 1.37. The molecule has 17 heavy (non-hydrogen) atoms. The summed E-state index contributed by atoms with van der Waals surface area (Å²) >= 11 is 0. The molecule has 1 N–H and O–H groups in total. The molecule has 0 spiro atoms. The number of aliphatic hydroxyl groups excluding tert-OH is 1. The maximum Gasteiger partial charge on any atom is 0.123 e. The lowest BCUT2D eigenvalue weighted by molar-refractivity contribution is 0.275. The van der Waals surface area contributed by atoms with E-state index in [4.69, 9.17) is 14.6 Å². The van der Waals surface area contributed by atoms with Gasteiger partial charge in [0.2, 0.25) is 0 Å². The van der Waals surface area contributed by atoms with Crippen molar-refractivity contribution in [2.24, 2.45) is 0 Å². The molecule has 1 aromatic rings. The van der Waals surface area contributed by atoms with Crippen molar-refractivity contribution < 1.29 is 14.6 Å².